The number of hydrogen-bond donors (Lipinski definition) is 0. The highest BCUT2D eigenvalue weighted by molar-refractivity contribution is 6.35. The zero-order chi connectivity index (χ0) is 15.4. The van der Waals surface area contributed by atoms with Gasteiger partial charge in [-0.15, -0.1) is 0 Å². The third-order valence-electron chi connectivity index (χ3n) is 3.36. The lowest BCUT2D eigenvalue weighted by Crippen LogP contribution is -2.48. The van der Waals surface area contributed by atoms with Crippen LogP contribution in [0, 0.1) is 21.4 Å². The molecule has 0 atom stereocenters. The molecular weight excluding hydrogens is 296 g/mol. The van der Waals surface area contributed by atoms with Crippen LogP contribution in [0.1, 0.15) is 10.4 Å². The Hall–Kier alpha value is -2.17. The predicted molar refractivity (Wildman–Crippen MR) is 76.1 cm³/mol. The average Bonchev–Trinajstić information content (AvgIpc) is 2.47. The Balaban J connectivity index is 2.13. The minimum absolute atomic E-state index is 0.132. The van der Waals surface area contributed by atoms with Crippen molar-refractivity contribution in [3.05, 3.63) is 38.9 Å². The molecule has 0 unspecified atom stereocenters. The van der Waals surface area contributed by atoms with Crippen LogP contribution in [-0.2, 0) is 0 Å². The van der Waals surface area contributed by atoms with E-state index in [0.717, 1.165) is 0 Å². The predicted octanol–water partition coefficient (Wildman–Crippen LogP) is 1.53. The monoisotopic (exact) mass is 308 g/mol. The highest BCUT2D eigenvalue weighted by Crippen LogP contribution is 2.28. The summed E-state index contributed by atoms with van der Waals surface area (Å²) in [6.45, 7) is 2.48. The van der Waals surface area contributed by atoms with E-state index in [-0.39, 0.29) is 22.2 Å². The molecule has 0 spiro atoms. The fourth-order valence-electron chi connectivity index (χ4n) is 2.21. The van der Waals surface area contributed by atoms with Gasteiger partial charge in [0.15, 0.2) is 0 Å². The largest absolute Gasteiger partial charge is 0.336 e. The van der Waals surface area contributed by atoms with Gasteiger partial charge in [-0.05, 0) is 6.07 Å². The summed E-state index contributed by atoms with van der Waals surface area (Å²) in [5, 5.41) is 19.4. The van der Waals surface area contributed by atoms with Crippen LogP contribution in [0.3, 0.4) is 0 Å². The van der Waals surface area contributed by atoms with Crippen molar-refractivity contribution in [1.29, 1.82) is 5.26 Å². The molecule has 2 rings (SSSR count). The molecule has 1 amide bonds. The van der Waals surface area contributed by atoms with Gasteiger partial charge in [0.2, 0.25) is 0 Å². The number of halogens is 1. The standard InChI is InChI=1S/C13H13ClN4O3/c14-12-10(2-1-3-11(12)18(20)21)13(19)17-8-6-16(5-4-15)7-9-17/h1-3H,5-9H2. The van der Waals surface area contributed by atoms with Crippen LogP contribution >= 0.6 is 11.6 Å². The first-order valence-electron chi connectivity index (χ1n) is 6.36. The van der Waals surface area contributed by atoms with Crippen molar-refractivity contribution in [2.75, 3.05) is 32.7 Å². The summed E-state index contributed by atoms with van der Waals surface area (Å²) in [6, 6.07) is 6.27. The van der Waals surface area contributed by atoms with E-state index in [1.54, 1.807) is 4.90 Å². The summed E-state index contributed by atoms with van der Waals surface area (Å²) in [5.41, 5.74) is -0.134. The van der Waals surface area contributed by atoms with Crippen molar-refractivity contribution in [2.45, 2.75) is 0 Å². The number of rotatable bonds is 3. The smallest absolute Gasteiger partial charge is 0.288 e. The Morgan fingerprint density at radius 3 is 2.62 bits per heavy atom. The number of nitriles is 1. The zero-order valence-corrected chi connectivity index (χ0v) is 11.9. The third-order valence-corrected chi connectivity index (χ3v) is 3.76. The molecule has 1 aliphatic rings. The van der Waals surface area contributed by atoms with Crippen LogP contribution in [0.5, 0.6) is 0 Å². The summed E-state index contributed by atoms with van der Waals surface area (Å²) >= 11 is 5.95. The maximum absolute atomic E-state index is 12.4. The van der Waals surface area contributed by atoms with Crippen molar-refractivity contribution in [2.24, 2.45) is 0 Å². The van der Waals surface area contributed by atoms with Gasteiger partial charge in [-0.2, -0.15) is 5.26 Å². The van der Waals surface area contributed by atoms with Gasteiger partial charge in [-0.25, -0.2) is 0 Å². The molecule has 0 aromatic heterocycles. The lowest BCUT2D eigenvalue weighted by atomic mass is 10.1. The molecule has 8 heteroatoms. The molecule has 0 radical (unpaired) electrons. The van der Waals surface area contributed by atoms with E-state index >= 15 is 0 Å². The Kier molecular flexibility index (Phi) is 4.73. The van der Waals surface area contributed by atoms with E-state index in [2.05, 4.69) is 6.07 Å². The summed E-state index contributed by atoms with van der Waals surface area (Å²) in [5.74, 6) is -0.319. The maximum Gasteiger partial charge on any atom is 0.288 e. The molecule has 1 fully saturated rings. The van der Waals surface area contributed by atoms with Crippen molar-refractivity contribution in [3.8, 4) is 6.07 Å². The van der Waals surface area contributed by atoms with Crippen LogP contribution in [0.2, 0.25) is 5.02 Å². The van der Waals surface area contributed by atoms with E-state index < -0.39 is 4.92 Å². The zero-order valence-electron chi connectivity index (χ0n) is 11.2. The number of carbonyl (C=O) groups is 1. The van der Waals surface area contributed by atoms with E-state index in [0.29, 0.717) is 32.7 Å². The second-order valence-corrected chi connectivity index (χ2v) is 5.00. The van der Waals surface area contributed by atoms with E-state index in [1.807, 2.05) is 4.90 Å². The van der Waals surface area contributed by atoms with Gasteiger partial charge >= 0.3 is 0 Å². The van der Waals surface area contributed by atoms with Gasteiger partial charge in [-0.1, -0.05) is 17.7 Å². The Morgan fingerprint density at radius 2 is 2.05 bits per heavy atom. The SMILES string of the molecule is N#CCN1CCN(C(=O)c2cccc([N+](=O)[O-])c2Cl)CC1. The second kappa shape index (κ2) is 6.52. The highest BCUT2D eigenvalue weighted by atomic mass is 35.5. The highest BCUT2D eigenvalue weighted by Gasteiger charge is 2.26. The summed E-state index contributed by atoms with van der Waals surface area (Å²) in [6.07, 6.45) is 0. The van der Waals surface area contributed by atoms with Gasteiger partial charge in [0.05, 0.1) is 23.1 Å². The number of nitrogens with zero attached hydrogens (tertiary/aromatic N) is 4. The second-order valence-electron chi connectivity index (χ2n) is 4.62. The number of hydrogen-bond acceptors (Lipinski definition) is 5. The molecule has 1 aromatic rings. The molecule has 21 heavy (non-hydrogen) atoms. The van der Waals surface area contributed by atoms with Gasteiger partial charge in [0.25, 0.3) is 11.6 Å². The molecule has 0 N–H and O–H groups in total. The van der Waals surface area contributed by atoms with Crippen molar-refractivity contribution >= 4 is 23.2 Å². The van der Waals surface area contributed by atoms with Crippen molar-refractivity contribution < 1.29 is 9.72 Å². The van der Waals surface area contributed by atoms with Crippen molar-refractivity contribution in [3.63, 3.8) is 0 Å². The molecule has 1 aromatic carbocycles. The molecular formula is C13H13ClN4O3. The number of nitro groups is 1. The van der Waals surface area contributed by atoms with Gasteiger partial charge in [-0.3, -0.25) is 19.8 Å². The third kappa shape index (κ3) is 3.29. The summed E-state index contributed by atoms with van der Waals surface area (Å²) in [7, 11) is 0. The number of piperazine rings is 1. The van der Waals surface area contributed by atoms with E-state index in [4.69, 9.17) is 16.9 Å². The Labute approximate surface area is 126 Å². The molecule has 0 aliphatic carbocycles. The molecule has 7 nitrogen and oxygen atoms in total. The van der Waals surface area contributed by atoms with Gasteiger partial charge in [0.1, 0.15) is 5.02 Å². The van der Waals surface area contributed by atoms with Gasteiger partial charge < -0.3 is 4.90 Å². The molecule has 1 saturated heterocycles. The van der Waals surface area contributed by atoms with Crippen molar-refractivity contribution in [1.82, 2.24) is 9.80 Å². The maximum atomic E-state index is 12.4. The lowest BCUT2D eigenvalue weighted by Gasteiger charge is -2.33. The fraction of sp³-hybridized carbons (Fsp3) is 0.385. The van der Waals surface area contributed by atoms with Crippen LogP contribution in [-0.4, -0.2) is 53.4 Å². The topological polar surface area (TPSA) is 90.5 Å². The quantitative estimate of drug-likeness (QED) is 0.480. The van der Waals surface area contributed by atoms with E-state index in [1.165, 1.54) is 18.2 Å². The minimum atomic E-state index is -0.607. The molecule has 110 valence electrons. The molecule has 0 saturated carbocycles. The van der Waals surface area contributed by atoms with Crippen LogP contribution in [0.15, 0.2) is 18.2 Å². The first-order valence-corrected chi connectivity index (χ1v) is 6.74. The van der Waals surface area contributed by atoms with Gasteiger partial charge in [0, 0.05) is 32.2 Å². The fourth-order valence-corrected chi connectivity index (χ4v) is 2.48. The lowest BCUT2D eigenvalue weighted by molar-refractivity contribution is -0.384. The Bertz CT molecular complexity index is 606. The molecule has 1 aliphatic heterocycles. The first-order chi connectivity index (χ1) is 10.0. The normalized spacial score (nSPS) is 15.5. The van der Waals surface area contributed by atoms with Crippen LogP contribution < -0.4 is 0 Å². The molecule has 0 bridgehead atoms. The number of carbonyl (C=O) groups excluding carboxylic acids is 1. The average molecular weight is 309 g/mol. The first kappa shape index (κ1) is 15.2. The summed E-state index contributed by atoms with van der Waals surface area (Å²) < 4.78 is 0. The number of benzene rings is 1. The number of amides is 1. The number of nitro benzene ring substituents is 1. The van der Waals surface area contributed by atoms with Crippen LogP contribution in [0.25, 0.3) is 0 Å². The van der Waals surface area contributed by atoms with E-state index in [9.17, 15) is 14.9 Å². The van der Waals surface area contributed by atoms with Crippen LogP contribution in [0.4, 0.5) is 5.69 Å². The Morgan fingerprint density at radius 1 is 1.38 bits per heavy atom. The minimum Gasteiger partial charge on any atom is -0.336 e. The summed E-state index contributed by atoms with van der Waals surface area (Å²) in [4.78, 5) is 26.2. The molecule has 1 heterocycles.